The third kappa shape index (κ3) is 3.62. The molecule has 1 aromatic carbocycles. The molecule has 0 aliphatic carbocycles. The van der Waals surface area contributed by atoms with Crippen LogP contribution in [0.25, 0.3) is 0 Å². The van der Waals surface area contributed by atoms with Crippen molar-refractivity contribution in [3.05, 3.63) is 60.2 Å². The molecule has 1 aromatic heterocycles. The highest BCUT2D eigenvalue weighted by atomic mass is 19.1. The molecule has 0 unspecified atom stereocenters. The molecule has 1 aliphatic rings. The highest BCUT2D eigenvalue weighted by molar-refractivity contribution is 5.27. The monoisotopic (exact) mass is 352 g/mol. The highest BCUT2D eigenvalue weighted by Crippen LogP contribution is 2.34. The normalized spacial score (nSPS) is 26.0. The molecule has 2 heterocycles. The molecule has 1 aliphatic heterocycles. The van der Waals surface area contributed by atoms with Gasteiger partial charge in [-0.05, 0) is 25.8 Å². The lowest BCUT2D eigenvalue weighted by molar-refractivity contribution is -0.0657. The van der Waals surface area contributed by atoms with Gasteiger partial charge in [0, 0.05) is 36.1 Å². The summed E-state index contributed by atoms with van der Waals surface area (Å²) in [5.41, 5.74) is -2.04. The minimum atomic E-state index is -2.19. The Hall–Kier alpha value is -2.12. The van der Waals surface area contributed by atoms with Crippen molar-refractivity contribution in [2.75, 3.05) is 13.0 Å². The van der Waals surface area contributed by atoms with Gasteiger partial charge in [0.2, 0.25) is 0 Å². The summed E-state index contributed by atoms with van der Waals surface area (Å²) < 4.78 is 62.9. The number of likely N-dealkylation sites (tertiary alicyclic amines) is 1. The number of aromatic nitrogens is 3. The number of halogens is 2. The zero-order valence-electron chi connectivity index (χ0n) is 17.8. The van der Waals surface area contributed by atoms with E-state index in [2.05, 4.69) is 16.7 Å². The van der Waals surface area contributed by atoms with E-state index < -0.39 is 36.3 Å². The van der Waals surface area contributed by atoms with Gasteiger partial charge in [0.1, 0.15) is 29.9 Å². The summed E-state index contributed by atoms with van der Waals surface area (Å²) in [5, 5.41) is 15.5. The quantitative estimate of drug-likeness (QED) is 0.840. The summed E-state index contributed by atoms with van der Waals surface area (Å²) in [6.07, 6.45) is 2.24. The fraction of sp³-hybridized carbons (Fsp3) is 0.444. The SMILES string of the molecule is [2H]C1([2H])CC(=C)CC([2H])([2H])N1[C@H](C)[C@](O)(Cn1cncn1)c1ccc(F)cc1F. The Kier molecular flexibility index (Phi) is 3.68. The molecular formula is C18H22F2N4O. The molecule has 7 heteroatoms. The van der Waals surface area contributed by atoms with Gasteiger partial charge in [-0.3, -0.25) is 4.90 Å². The van der Waals surface area contributed by atoms with Crippen LogP contribution in [0.5, 0.6) is 0 Å². The molecule has 0 bridgehead atoms. The molecule has 1 fully saturated rings. The number of aliphatic hydroxyl groups is 1. The summed E-state index contributed by atoms with van der Waals surface area (Å²) in [6.45, 7) is 0.391. The van der Waals surface area contributed by atoms with Crippen molar-refractivity contribution in [3.8, 4) is 0 Å². The first-order valence-corrected chi connectivity index (χ1v) is 7.83. The fourth-order valence-electron chi connectivity index (χ4n) is 2.84. The molecule has 3 rings (SSSR count). The second kappa shape index (κ2) is 7.01. The van der Waals surface area contributed by atoms with Crippen LogP contribution in [0.15, 0.2) is 43.0 Å². The van der Waals surface area contributed by atoms with Crippen molar-refractivity contribution in [2.24, 2.45) is 0 Å². The Labute approximate surface area is 151 Å². The molecule has 0 radical (unpaired) electrons. The van der Waals surface area contributed by atoms with E-state index in [1.54, 1.807) is 0 Å². The summed E-state index contributed by atoms with van der Waals surface area (Å²) >= 11 is 0. The van der Waals surface area contributed by atoms with Gasteiger partial charge in [-0.1, -0.05) is 18.2 Å². The van der Waals surface area contributed by atoms with Crippen molar-refractivity contribution >= 4 is 0 Å². The lowest BCUT2D eigenvalue weighted by Gasteiger charge is -2.43. The zero-order chi connectivity index (χ0) is 21.6. The van der Waals surface area contributed by atoms with Crippen LogP contribution >= 0.6 is 0 Å². The maximum Gasteiger partial charge on any atom is 0.137 e. The Morgan fingerprint density at radius 3 is 2.72 bits per heavy atom. The van der Waals surface area contributed by atoms with Crippen molar-refractivity contribution in [1.82, 2.24) is 19.7 Å². The van der Waals surface area contributed by atoms with Gasteiger partial charge in [0.25, 0.3) is 0 Å². The third-order valence-electron chi connectivity index (χ3n) is 4.34. The Morgan fingerprint density at radius 2 is 2.12 bits per heavy atom. The van der Waals surface area contributed by atoms with Crippen LogP contribution in [0.1, 0.15) is 30.8 Å². The number of benzene rings is 1. The van der Waals surface area contributed by atoms with Gasteiger partial charge in [0.15, 0.2) is 0 Å². The second-order valence-electron chi connectivity index (χ2n) is 6.11. The largest absolute Gasteiger partial charge is 0.381 e. The Balaban J connectivity index is 2.13. The molecule has 5 nitrogen and oxygen atoms in total. The van der Waals surface area contributed by atoms with Crippen LogP contribution in [-0.2, 0) is 12.1 Å². The van der Waals surface area contributed by atoms with Crippen LogP contribution in [0.3, 0.4) is 0 Å². The van der Waals surface area contributed by atoms with E-state index in [9.17, 15) is 13.9 Å². The molecule has 2 aromatic rings. The van der Waals surface area contributed by atoms with E-state index in [1.165, 1.54) is 24.3 Å². The maximum absolute atomic E-state index is 14.7. The lowest BCUT2D eigenvalue weighted by Crippen LogP contribution is -2.53. The average Bonchev–Trinajstić information content (AvgIpc) is 3.04. The standard InChI is InChI=1S/C18H22F2N4O/c1-13-5-7-23(8-6-13)14(2)18(25,10-24-12-21-11-22-24)16-4-3-15(19)9-17(16)20/h3-4,9,11-12,14,25H,1,5-8,10H2,2H3/t14-,18-/m1/s1/i7D2,8D2. The number of piperidine rings is 1. The van der Waals surface area contributed by atoms with Crippen LogP contribution in [-0.4, -0.2) is 43.8 Å². The van der Waals surface area contributed by atoms with E-state index in [0.29, 0.717) is 11.6 Å². The highest BCUT2D eigenvalue weighted by Gasteiger charge is 2.42. The molecule has 0 spiro atoms. The maximum atomic E-state index is 14.7. The predicted octanol–water partition coefficient (Wildman–Crippen LogP) is 2.48. The molecule has 1 saturated heterocycles. The van der Waals surface area contributed by atoms with Crippen LogP contribution in [0, 0.1) is 11.6 Å². The zero-order valence-corrected chi connectivity index (χ0v) is 13.8. The van der Waals surface area contributed by atoms with Crippen LogP contribution in [0.4, 0.5) is 8.78 Å². The van der Waals surface area contributed by atoms with Gasteiger partial charge in [-0.15, -0.1) is 0 Å². The molecule has 0 amide bonds. The number of rotatable bonds is 5. The molecular weight excluding hydrogens is 326 g/mol. The van der Waals surface area contributed by atoms with Crippen molar-refractivity contribution in [3.63, 3.8) is 0 Å². The summed E-state index contributed by atoms with van der Waals surface area (Å²) in [7, 11) is 0. The van der Waals surface area contributed by atoms with E-state index in [1.807, 2.05) is 0 Å². The van der Waals surface area contributed by atoms with E-state index in [-0.39, 0.29) is 24.9 Å². The van der Waals surface area contributed by atoms with Crippen LogP contribution in [0.2, 0.25) is 0 Å². The molecule has 134 valence electrons. The molecule has 25 heavy (non-hydrogen) atoms. The van der Waals surface area contributed by atoms with E-state index in [4.69, 9.17) is 5.48 Å². The summed E-state index contributed by atoms with van der Waals surface area (Å²) in [5.74, 6) is -1.86. The third-order valence-corrected chi connectivity index (χ3v) is 4.34. The van der Waals surface area contributed by atoms with Crippen molar-refractivity contribution in [2.45, 2.75) is 38.0 Å². The second-order valence-corrected chi connectivity index (χ2v) is 6.11. The number of hydrogen-bond acceptors (Lipinski definition) is 4. The van der Waals surface area contributed by atoms with Crippen molar-refractivity contribution < 1.29 is 19.4 Å². The van der Waals surface area contributed by atoms with E-state index >= 15 is 0 Å². The summed E-state index contributed by atoms with van der Waals surface area (Å²) in [6, 6.07) is 1.42. The smallest absolute Gasteiger partial charge is 0.137 e. The number of hydrogen-bond donors (Lipinski definition) is 1. The first-order chi connectivity index (χ1) is 13.4. The van der Waals surface area contributed by atoms with Gasteiger partial charge >= 0.3 is 0 Å². The molecule has 2 atom stereocenters. The minimum absolute atomic E-state index is 0.137. The van der Waals surface area contributed by atoms with Gasteiger partial charge < -0.3 is 5.11 Å². The van der Waals surface area contributed by atoms with Gasteiger partial charge in [-0.25, -0.2) is 18.4 Å². The van der Waals surface area contributed by atoms with Gasteiger partial charge in [0.05, 0.1) is 6.54 Å². The Bertz CT molecular complexity index is 889. The molecule has 1 N–H and O–H groups in total. The topological polar surface area (TPSA) is 54.2 Å². The fourth-order valence-corrected chi connectivity index (χ4v) is 2.84. The summed E-state index contributed by atoms with van der Waals surface area (Å²) in [4.78, 5) is 4.69. The van der Waals surface area contributed by atoms with E-state index in [0.717, 1.165) is 17.0 Å². The molecule has 0 saturated carbocycles. The number of nitrogens with zero attached hydrogens (tertiary/aromatic N) is 4. The average molecular weight is 352 g/mol. The van der Waals surface area contributed by atoms with Gasteiger partial charge in [-0.2, -0.15) is 5.10 Å². The van der Waals surface area contributed by atoms with Crippen molar-refractivity contribution in [1.29, 1.82) is 0 Å². The van der Waals surface area contributed by atoms with Crippen LogP contribution < -0.4 is 0 Å². The first-order valence-electron chi connectivity index (χ1n) is 9.83. The Morgan fingerprint density at radius 1 is 1.40 bits per heavy atom. The first kappa shape index (κ1) is 13.1. The minimum Gasteiger partial charge on any atom is -0.381 e. The lowest BCUT2D eigenvalue weighted by atomic mass is 9.84. The predicted molar refractivity (Wildman–Crippen MR) is 89.7 cm³/mol.